The highest BCUT2D eigenvalue weighted by molar-refractivity contribution is 7.10. The maximum Gasteiger partial charge on any atom is 0.197 e. The Morgan fingerprint density at radius 3 is 2.58 bits per heavy atom. The van der Waals surface area contributed by atoms with Crippen molar-refractivity contribution in [3.8, 4) is 11.5 Å². The first-order chi connectivity index (χ1) is 5.70. The first kappa shape index (κ1) is 9.27. The molecule has 0 N–H and O–H groups in total. The summed E-state index contributed by atoms with van der Waals surface area (Å²) in [5.74, 6) is 0.146. The molecule has 0 aliphatic carbocycles. The van der Waals surface area contributed by atoms with Gasteiger partial charge in [0.2, 0.25) is 0 Å². The van der Waals surface area contributed by atoms with Crippen molar-refractivity contribution in [1.82, 2.24) is 0 Å². The molecule has 0 aliphatic heterocycles. The third-order valence-electron chi connectivity index (χ3n) is 1.59. The lowest BCUT2D eigenvalue weighted by Crippen LogP contribution is -1.93. The SMILES string of the molecule is COc1c(OP)ccc(C)c1F. The van der Waals surface area contributed by atoms with Crippen molar-refractivity contribution in [2.24, 2.45) is 0 Å². The molecule has 0 heterocycles. The van der Waals surface area contributed by atoms with Crippen LogP contribution in [0.4, 0.5) is 4.39 Å². The summed E-state index contributed by atoms with van der Waals surface area (Å²) >= 11 is 0. The number of hydrogen-bond acceptors (Lipinski definition) is 2. The van der Waals surface area contributed by atoms with Gasteiger partial charge in [-0.2, -0.15) is 0 Å². The van der Waals surface area contributed by atoms with Crippen molar-refractivity contribution < 1.29 is 13.7 Å². The van der Waals surface area contributed by atoms with Gasteiger partial charge in [-0.15, -0.1) is 0 Å². The smallest absolute Gasteiger partial charge is 0.197 e. The van der Waals surface area contributed by atoms with Crippen LogP contribution >= 0.6 is 9.47 Å². The molecule has 0 radical (unpaired) electrons. The second kappa shape index (κ2) is 3.72. The molecule has 0 amide bonds. The number of halogens is 1. The Hall–Kier alpha value is -0.820. The molecule has 0 aromatic heterocycles. The second-order valence-electron chi connectivity index (χ2n) is 2.35. The van der Waals surface area contributed by atoms with Crippen molar-refractivity contribution in [2.45, 2.75) is 6.92 Å². The Labute approximate surface area is 73.0 Å². The normalized spacial score (nSPS) is 9.67. The Bertz CT molecular complexity index is 289. The number of ether oxygens (including phenoxy) is 1. The van der Waals surface area contributed by atoms with Gasteiger partial charge in [0.05, 0.1) is 16.6 Å². The van der Waals surface area contributed by atoms with Gasteiger partial charge in [0, 0.05) is 0 Å². The van der Waals surface area contributed by atoms with Crippen LogP contribution < -0.4 is 9.26 Å². The number of aryl methyl sites for hydroxylation is 1. The average Bonchev–Trinajstić information content (AvgIpc) is 2.09. The van der Waals surface area contributed by atoms with Crippen molar-refractivity contribution in [3.05, 3.63) is 23.5 Å². The fourth-order valence-corrected chi connectivity index (χ4v) is 1.11. The highest BCUT2D eigenvalue weighted by Gasteiger charge is 2.11. The number of rotatable bonds is 2. The molecule has 0 saturated heterocycles. The van der Waals surface area contributed by atoms with E-state index in [1.165, 1.54) is 7.11 Å². The maximum atomic E-state index is 13.2. The molecule has 1 aromatic carbocycles. The monoisotopic (exact) mass is 188 g/mol. The van der Waals surface area contributed by atoms with Gasteiger partial charge < -0.3 is 9.26 Å². The van der Waals surface area contributed by atoms with Crippen LogP contribution in [-0.2, 0) is 0 Å². The molecule has 1 atom stereocenters. The highest BCUT2D eigenvalue weighted by Crippen LogP contribution is 2.32. The van der Waals surface area contributed by atoms with E-state index in [-0.39, 0.29) is 11.6 Å². The van der Waals surface area contributed by atoms with Gasteiger partial charge in [-0.3, -0.25) is 0 Å². The van der Waals surface area contributed by atoms with Crippen molar-refractivity contribution >= 4 is 9.47 Å². The predicted octanol–water partition coefficient (Wildman–Crippen LogP) is 2.31. The standard InChI is InChI=1S/C8H10FO2P/c1-5-3-4-6(11-12)8(10-2)7(5)9/h3-4H,12H2,1-2H3. The minimum Gasteiger partial charge on any atom is -0.490 e. The van der Waals surface area contributed by atoms with Gasteiger partial charge in [-0.1, -0.05) is 6.07 Å². The topological polar surface area (TPSA) is 18.5 Å². The first-order valence-electron chi connectivity index (χ1n) is 3.40. The lowest BCUT2D eigenvalue weighted by molar-refractivity contribution is 0.371. The summed E-state index contributed by atoms with van der Waals surface area (Å²) < 4.78 is 22.9. The van der Waals surface area contributed by atoms with Crippen LogP contribution in [0.25, 0.3) is 0 Å². The zero-order valence-corrected chi connectivity index (χ0v) is 8.08. The van der Waals surface area contributed by atoms with Crippen LogP contribution in [0, 0.1) is 12.7 Å². The van der Waals surface area contributed by atoms with Gasteiger partial charge in [0.25, 0.3) is 0 Å². The molecule has 1 unspecified atom stereocenters. The lowest BCUT2D eigenvalue weighted by Gasteiger charge is -2.08. The quantitative estimate of drug-likeness (QED) is 0.663. The maximum absolute atomic E-state index is 13.2. The molecule has 2 nitrogen and oxygen atoms in total. The Morgan fingerprint density at radius 2 is 2.08 bits per heavy atom. The van der Waals surface area contributed by atoms with E-state index in [2.05, 4.69) is 0 Å². The summed E-state index contributed by atoms with van der Waals surface area (Å²) in [6, 6.07) is 3.29. The highest BCUT2D eigenvalue weighted by atomic mass is 31.0. The molecule has 0 spiro atoms. The van der Waals surface area contributed by atoms with Crippen LogP contribution in [0.3, 0.4) is 0 Å². The summed E-state index contributed by atoms with van der Waals surface area (Å²) in [4.78, 5) is 0. The third-order valence-corrected chi connectivity index (χ3v) is 1.84. The van der Waals surface area contributed by atoms with Crippen LogP contribution in [0.2, 0.25) is 0 Å². The van der Waals surface area contributed by atoms with Crippen LogP contribution in [-0.4, -0.2) is 7.11 Å². The van der Waals surface area contributed by atoms with Gasteiger partial charge in [-0.05, 0) is 18.6 Å². The molecular formula is C8H10FO2P. The molecular weight excluding hydrogens is 178 g/mol. The van der Waals surface area contributed by atoms with Crippen LogP contribution in [0.15, 0.2) is 12.1 Å². The average molecular weight is 188 g/mol. The Balaban J connectivity index is 3.25. The van der Waals surface area contributed by atoms with Gasteiger partial charge >= 0.3 is 0 Å². The van der Waals surface area contributed by atoms with E-state index in [9.17, 15) is 4.39 Å². The summed E-state index contributed by atoms with van der Waals surface area (Å²) in [6.45, 7) is 1.67. The molecule has 66 valence electrons. The second-order valence-corrected chi connectivity index (χ2v) is 2.58. The van der Waals surface area contributed by atoms with E-state index in [1.807, 2.05) is 9.47 Å². The van der Waals surface area contributed by atoms with Crippen molar-refractivity contribution in [3.63, 3.8) is 0 Å². The Morgan fingerprint density at radius 1 is 1.42 bits per heavy atom. The molecule has 1 aromatic rings. The molecule has 0 fully saturated rings. The first-order valence-corrected chi connectivity index (χ1v) is 3.87. The van der Waals surface area contributed by atoms with Crippen molar-refractivity contribution in [1.29, 1.82) is 0 Å². The fourth-order valence-electron chi connectivity index (χ4n) is 0.920. The molecule has 12 heavy (non-hydrogen) atoms. The van der Waals surface area contributed by atoms with E-state index >= 15 is 0 Å². The van der Waals surface area contributed by atoms with E-state index < -0.39 is 0 Å². The van der Waals surface area contributed by atoms with E-state index in [1.54, 1.807) is 19.1 Å². The molecule has 0 saturated carbocycles. The minimum absolute atomic E-state index is 0.144. The fraction of sp³-hybridized carbons (Fsp3) is 0.250. The molecule has 4 heteroatoms. The van der Waals surface area contributed by atoms with Crippen LogP contribution in [0.1, 0.15) is 5.56 Å². The van der Waals surface area contributed by atoms with Gasteiger partial charge in [0.15, 0.2) is 17.3 Å². The van der Waals surface area contributed by atoms with Gasteiger partial charge in [0.1, 0.15) is 0 Å². The summed E-state index contributed by atoms with van der Waals surface area (Å²) in [5.41, 5.74) is 0.539. The molecule has 0 aliphatic rings. The zero-order chi connectivity index (χ0) is 9.14. The Kier molecular flexibility index (Phi) is 2.88. The molecule has 0 bridgehead atoms. The van der Waals surface area contributed by atoms with E-state index in [0.717, 1.165) is 0 Å². The van der Waals surface area contributed by atoms with E-state index in [4.69, 9.17) is 9.26 Å². The predicted molar refractivity (Wildman–Crippen MR) is 48.0 cm³/mol. The number of methoxy groups -OCH3 is 1. The summed E-state index contributed by atoms with van der Waals surface area (Å²) in [6.07, 6.45) is 0. The minimum atomic E-state index is -0.377. The summed E-state index contributed by atoms with van der Waals surface area (Å²) in [5, 5.41) is 0. The van der Waals surface area contributed by atoms with Crippen LogP contribution in [0.5, 0.6) is 11.5 Å². The zero-order valence-electron chi connectivity index (χ0n) is 6.93. The molecule has 1 rings (SSSR count). The van der Waals surface area contributed by atoms with Gasteiger partial charge in [-0.25, -0.2) is 4.39 Å². The number of hydrogen-bond donors (Lipinski definition) is 0. The third kappa shape index (κ3) is 1.51. The number of benzene rings is 1. The lowest BCUT2D eigenvalue weighted by atomic mass is 10.2. The largest absolute Gasteiger partial charge is 0.490 e. The van der Waals surface area contributed by atoms with Crippen molar-refractivity contribution in [2.75, 3.05) is 7.11 Å². The summed E-state index contributed by atoms with van der Waals surface area (Å²) in [7, 11) is 3.46. The van der Waals surface area contributed by atoms with E-state index in [0.29, 0.717) is 11.3 Å².